The largest absolute Gasteiger partial charge is 0.478 e. The second-order valence-electron chi connectivity index (χ2n) is 4.69. The van der Waals surface area contributed by atoms with Gasteiger partial charge in [-0.05, 0) is 30.2 Å². The molecule has 0 aliphatic heterocycles. The number of aryl methyl sites for hydroxylation is 1. The van der Waals surface area contributed by atoms with Crippen LogP contribution in [-0.2, 0) is 13.0 Å². The van der Waals surface area contributed by atoms with E-state index >= 15 is 0 Å². The molecule has 0 spiro atoms. The number of benzene rings is 1. The van der Waals surface area contributed by atoms with E-state index in [9.17, 15) is 9.59 Å². The average molecular weight is 287 g/mol. The van der Waals surface area contributed by atoms with Crippen LogP contribution in [0, 0.1) is 0 Å². The summed E-state index contributed by atoms with van der Waals surface area (Å²) in [5.41, 5.74) is 1.62. The predicted octanol–water partition coefficient (Wildman–Crippen LogP) is 2.86. The highest BCUT2D eigenvalue weighted by Crippen LogP contribution is 2.13. The van der Waals surface area contributed by atoms with Crippen molar-refractivity contribution in [2.45, 2.75) is 26.3 Å². The molecule has 1 heterocycles. The third-order valence-corrected chi connectivity index (χ3v) is 3.12. The van der Waals surface area contributed by atoms with Gasteiger partial charge < -0.3 is 14.8 Å². The Morgan fingerprint density at radius 2 is 1.90 bits per heavy atom. The van der Waals surface area contributed by atoms with Gasteiger partial charge in [-0.3, -0.25) is 4.79 Å². The molecule has 0 atom stereocenters. The highest BCUT2D eigenvalue weighted by atomic mass is 16.4. The Morgan fingerprint density at radius 1 is 1.19 bits per heavy atom. The fourth-order valence-corrected chi connectivity index (χ4v) is 2.01. The van der Waals surface area contributed by atoms with E-state index in [4.69, 9.17) is 9.52 Å². The maximum atomic E-state index is 12.1. The van der Waals surface area contributed by atoms with Crippen LogP contribution in [0.2, 0.25) is 0 Å². The van der Waals surface area contributed by atoms with Crippen molar-refractivity contribution in [2.24, 2.45) is 0 Å². The maximum absolute atomic E-state index is 12.1. The normalized spacial score (nSPS) is 10.3. The van der Waals surface area contributed by atoms with Crippen molar-refractivity contribution in [1.82, 2.24) is 5.32 Å². The number of rotatable bonds is 6. The summed E-state index contributed by atoms with van der Waals surface area (Å²) in [7, 11) is 0. The molecule has 21 heavy (non-hydrogen) atoms. The van der Waals surface area contributed by atoms with E-state index < -0.39 is 5.97 Å². The molecule has 0 unspecified atom stereocenters. The van der Waals surface area contributed by atoms with E-state index in [0.29, 0.717) is 17.9 Å². The number of carboxylic acids is 1. The fourth-order valence-electron chi connectivity index (χ4n) is 2.01. The lowest BCUT2D eigenvalue weighted by molar-refractivity contribution is 0.0696. The quantitative estimate of drug-likeness (QED) is 0.856. The lowest BCUT2D eigenvalue weighted by atomic mass is 10.1. The molecule has 2 rings (SSSR count). The summed E-state index contributed by atoms with van der Waals surface area (Å²) in [6.45, 7) is 2.36. The number of hydrogen-bond acceptors (Lipinski definition) is 3. The van der Waals surface area contributed by atoms with Crippen molar-refractivity contribution in [3.05, 3.63) is 59.0 Å². The number of nitrogens with one attached hydrogen (secondary N) is 1. The van der Waals surface area contributed by atoms with Crippen LogP contribution in [-0.4, -0.2) is 17.0 Å². The van der Waals surface area contributed by atoms with Gasteiger partial charge in [-0.1, -0.05) is 19.1 Å². The molecule has 0 fully saturated rings. The van der Waals surface area contributed by atoms with Crippen LogP contribution in [0.4, 0.5) is 0 Å². The van der Waals surface area contributed by atoms with Gasteiger partial charge in [-0.25, -0.2) is 4.79 Å². The zero-order valence-electron chi connectivity index (χ0n) is 11.8. The third-order valence-electron chi connectivity index (χ3n) is 3.12. The number of hydrogen-bond donors (Lipinski definition) is 2. The SMILES string of the molecule is CCCc1occc1C(=O)NCc1ccc(C(=O)O)cc1. The van der Waals surface area contributed by atoms with Crippen molar-refractivity contribution in [3.8, 4) is 0 Å². The van der Waals surface area contributed by atoms with Crippen LogP contribution in [0.25, 0.3) is 0 Å². The first-order valence-electron chi connectivity index (χ1n) is 6.78. The Balaban J connectivity index is 1.97. The molecule has 1 aromatic carbocycles. The number of carbonyl (C=O) groups excluding carboxylic acids is 1. The van der Waals surface area contributed by atoms with Gasteiger partial charge in [0.15, 0.2) is 0 Å². The van der Waals surface area contributed by atoms with Gasteiger partial charge in [0, 0.05) is 13.0 Å². The van der Waals surface area contributed by atoms with Crippen LogP contribution in [0.15, 0.2) is 41.0 Å². The third kappa shape index (κ3) is 3.72. The van der Waals surface area contributed by atoms with E-state index in [-0.39, 0.29) is 11.5 Å². The second-order valence-corrected chi connectivity index (χ2v) is 4.69. The van der Waals surface area contributed by atoms with Crippen LogP contribution >= 0.6 is 0 Å². The van der Waals surface area contributed by atoms with Gasteiger partial charge in [-0.15, -0.1) is 0 Å². The average Bonchev–Trinajstić information content (AvgIpc) is 2.94. The maximum Gasteiger partial charge on any atom is 0.335 e. The standard InChI is InChI=1S/C16H17NO4/c1-2-3-14-13(8-9-21-14)15(18)17-10-11-4-6-12(7-5-11)16(19)20/h4-9H,2-3,10H2,1H3,(H,17,18)(H,19,20). The molecule has 2 N–H and O–H groups in total. The number of carboxylic acid groups (broad SMARTS) is 1. The first-order valence-corrected chi connectivity index (χ1v) is 6.78. The van der Waals surface area contributed by atoms with Crippen molar-refractivity contribution in [1.29, 1.82) is 0 Å². The molecule has 2 aromatic rings. The van der Waals surface area contributed by atoms with E-state index in [1.165, 1.54) is 18.4 Å². The molecule has 0 aliphatic carbocycles. The van der Waals surface area contributed by atoms with Crippen molar-refractivity contribution in [3.63, 3.8) is 0 Å². The minimum atomic E-state index is -0.965. The molecule has 0 bridgehead atoms. The zero-order valence-corrected chi connectivity index (χ0v) is 11.8. The monoisotopic (exact) mass is 287 g/mol. The smallest absolute Gasteiger partial charge is 0.335 e. The molecule has 5 nitrogen and oxygen atoms in total. The van der Waals surface area contributed by atoms with Crippen molar-refractivity contribution >= 4 is 11.9 Å². The summed E-state index contributed by atoms with van der Waals surface area (Å²) in [5.74, 6) is -0.459. The Morgan fingerprint density at radius 3 is 2.52 bits per heavy atom. The lowest BCUT2D eigenvalue weighted by Crippen LogP contribution is -2.23. The molecule has 5 heteroatoms. The van der Waals surface area contributed by atoms with Crippen LogP contribution in [0.5, 0.6) is 0 Å². The van der Waals surface area contributed by atoms with Gasteiger partial charge in [-0.2, -0.15) is 0 Å². The number of amides is 1. The highest BCUT2D eigenvalue weighted by molar-refractivity contribution is 5.95. The molecular weight excluding hydrogens is 270 g/mol. The van der Waals surface area contributed by atoms with Gasteiger partial charge in [0.1, 0.15) is 5.76 Å². The highest BCUT2D eigenvalue weighted by Gasteiger charge is 2.13. The second kappa shape index (κ2) is 6.74. The van der Waals surface area contributed by atoms with Crippen molar-refractivity contribution < 1.29 is 19.1 Å². The molecule has 0 radical (unpaired) electrons. The summed E-state index contributed by atoms with van der Waals surface area (Å²) in [6, 6.07) is 8.07. The topological polar surface area (TPSA) is 79.5 Å². The van der Waals surface area contributed by atoms with Crippen LogP contribution in [0.3, 0.4) is 0 Å². The van der Waals surface area contributed by atoms with Crippen LogP contribution in [0.1, 0.15) is 45.4 Å². The summed E-state index contributed by atoms with van der Waals surface area (Å²) < 4.78 is 5.29. The van der Waals surface area contributed by atoms with Crippen LogP contribution < -0.4 is 5.32 Å². The molecule has 0 saturated carbocycles. The first kappa shape index (κ1) is 14.8. The zero-order chi connectivity index (χ0) is 15.2. The Labute approximate surface area is 122 Å². The minimum Gasteiger partial charge on any atom is -0.478 e. The van der Waals surface area contributed by atoms with E-state index in [0.717, 1.165) is 18.4 Å². The molecule has 1 aromatic heterocycles. The fraction of sp³-hybridized carbons (Fsp3) is 0.250. The number of aromatic carboxylic acids is 1. The van der Waals surface area contributed by atoms with E-state index in [1.54, 1.807) is 18.2 Å². The lowest BCUT2D eigenvalue weighted by Gasteiger charge is -2.06. The van der Waals surface area contributed by atoms with Crippen molar-refractivity contribution in [2.75, 3.05) is 0 Å². The molecule has 0 aliphatic rings. The Kier molecular flexibility index (Phi) is 4.77. The van der Waals surface area contributed by atoms with E-state index in [1.807, 2.05) is 6.92 Å². The van der Waals surface area contributed by atoms with E-state index in [2.05, 4.69) is 5.32 Å². The van der Waals surface area contributed by atoms with Gasteiger partial charge in [0.25, 0.3) is 5.91 Å². The molecule has 110 valence electrons. The Hall–Kier alpha value is -2.56. The summed E-state index contributed by atoms with van der Waals surface area (Å²) in [4.78, 5) is 22.8. The first-order chi connectivity index (χ1) is 10.1. The molecule has 0 saturated heterocycles. The summed E-state index contributed by atoms with van der Waals surface area (Å²) in [5, 5.41) is 11.6. The summed E-state index contributed by atoms with van der Waals surface area (Å²) >= 11 is 0. The number of furan rings is 1. The predicted molar refractivity (Wildman–Crippen MR) is 77.3 cm³/mol. The minimum absolute atomic E-state index is 0.186. The van der Waals surface area contributed by atoms with Gasteiger partial charge in [0.05, 0.1) is 17.4 Å². The van der Waals surface area contributed by atoms with Gasteiger partial charge in [0.2, 0.25) is 0 Å². The Bertz CT molecular complexity index is 628. The summed E-state index contributed by atoms with van der Waals surface area (Å²) in [6.07, 6.45) is 3.15. The number of carbonyl (C=O) groups is 2. The molecule has 1 amide bonds. The molecular formula is C16H17NO4. The van der Waals surface area contributed by atoms with Gasteiger partial charge >= 0.3 is 5.97 Å².